The molecule has 3 rings (SSSR count). The number of hydrogen-bond acceptors (Lipinski definition) is 5. The fraction of sp³-hybridized carbons (Fsp3) is 0.667. The van der Waals surface area contributed by atoms with Crippen LogP contribution in [0.2, 0.25) is 0 Å². The van der Waals surface area contributed by atoms with Gasteiger partial charge in [0.1, 0.15) is 0 Å². The van der Waals surface area contributed by atoms with Gasteiger partial charge in [-0.25, -0.2) is 12.8 Å². The first kappa shape index (κ1) is 18.6. The number of halogens is 1. The van der Waals surface area contributed by atoms with Crippen molar-refractivity contribution in [2.45, 2.75) is 36.6 Å². The first-order valence-corrected chi connectivity index (χ1v) is 10.9. The minimum absolute atomic E-state index is 0.0196. The topological polar surface area (TPSA) is 58.6 Å². The second-order valence-electron chi connectivity index (χ2n) is 7.14. The zero-order valence-electron chi connectivity index (χ0n) is 14.7. The Labute approximate surface area is 149 Å². The Balaban J connectivity index is 1.48. The molecule has 7 heteroatoms. The van der Waals surface area contributed by atoms with Crippen LogP contribution >= 0.6 is 0 Å². The molecule has 5 nitrogen and oxygen atoms in total. The molecule has 1 saturated carbocycles. The molecule has 1 saturated heterocycles. The van der Waals surface area contributed by atoms with E-state index in [1.165, 1.54) is 25.0 Å². The van der Waals surface area contributed by atoms with Crippen LogP contribution in [0.5, 0.6) is 5.75 Å². The van der Waals surface area contributed by atoms with Gasteiger partial charge < -0.3 is 10.1 Å². The summed E-state index contributed by atoms with van der Waals surface area (Å²) in [6.07, 6.45) is 5.60. The summed E-state index contributed by atoms with van der Waals surface area (Å²) in [6.45, 7) is 4.90. The molecule has 1 N–H and O–H groups in total. The van der Waals surface area contributed by atoms with Gasteiger partial charge in [0, 0.05) is 38.5 Å². The molecule has 1 aliphatic carbocycles. The van der Waals surface area contributed by atoms with Gasteiger partial charge in [0.2, 0.25) is 0 Å². The molecule has 140 valence electrons. The smallest absolute Gasteiger partial charge is 0.175 e. The molecule has 1 aliphatic heterocycles. The molecule has 1 aromatic carbocycles. The van der Waals surface area contributed by atoms with E-state index in [-0.39, 0.29) is 10.6 Å². The Hall–Kier alpha value is -1.18. The molecular weight excluding hydrogens is 343 g/mol. The van der Waals surface area contributed by atoms with Gasteiger partial charge in [0.25, 0.3) is 0 Å². The lowest BCUT2D eigenvalue weighted by Crippen LogP contribution is -2.49. The number of rotatable bonds is 5. The summed E-state index contributed by atoms with van der Waals surface area (Å²) in [7, 11) is -3.40. The normalized spacial score (nSPS) is 25.7. The maximum absolute atomic E-state index is 14.0. The average molecular weight is 370 g/mol. The summed E-state index contributed by atoms with van der Waals surface area (Å²) in [6, 6.07) is 4.52. The van der Waals surface area contributed by atoms with Crippen molar-refractivity contribution in [1.82, 2.24) is 10.2 Å². The molecule has 1 aromatic rings. The number of nitrogens with one attached hydrogen (secondary N) is 1. The maximum atomic E-state index is 14.0. The van der Waals surface area contributed by atoms with Crippen LogP contribution in [0.15, 0.2) is 23.1 Å². The quantitative estimate of drug-likeness (QED) is 0.860. The van der Waals surface area contributed by atoms with Gasteiger partial charge in [-0.3, -0.25) is 4.90 Å². The lowest BCUT2D eigenvalue weighted by molar-refractivity contribution is 0.105. The molecule has 0 bridgehead atoms. The molecule has 0 radical (unpaired) electrons. The van der Waals surface area contributed by atoms with Crippen molar-refractivity contribution < 1.29 is 17.5 Å². The van der Waals surface area contributed by atoms with Crippen molar-refractivity contribution in [3.05, 3.63) is 24.0 Å². The summed E-state index contributed by atoms with van der Waals surface area (Å²) >= 11 is 0. The number of nitrogens with zero attached hydrogens (tertiary/aromatic N) is 1. The van der Waals surface area contributed by atoms with Gasteiger partial charge in [0.15, 0.2) is 21.4 Å². The molecule has 0 atom stereocenters. The molecule has 2 fully saturated rings. The molecule has 25 heavy (non-hydrogen) atoms. The Morgan fingerprint density at radius 1 is 1.20 bits per heavy atom. The van der Waals surface area contributed by atoms with Gasteiger partial charge in [-0.1, -0.05) is 0 Å². The third-order valence-corrected chi connectivity index (χ3v) is 6.40. The van der Waals surface area contributed by atoms with Crippen molar-refractivity contribution in [1.29, 1.82) is 0 Å². The van der Waals surface area contributed by atoms with Crippen LogP contribution in [0.1, 0.15) is 25.7 Å². The third-order valence-electron chi connectivity index (χ3n) is 5.29. The van der Waals surface area contributed by atoms with Crippen LogP contribution in [-0.2, 0) is 9.84 Å². The second kappa shape index (κ2) is 8.01. The molecular formula is C18H27FN2O3S. The van der Waals surface area contributed by atoms with Crippen molar-refractivity contribution in [2.75, 3.05) is 39.0 Å². The number of sulfone groups is 1. The Morgan fingerprint density at radius 2 is 1.88 bits per heavy atom. The van der Waals surface area contributed by atoms with E-state index in [0.717, 1.165) is 51.3 Å². The van der Waals surface area contributed by atoms with E-state index in [4.69, 9.17) is 4.74 Å². The van der Waals surface area contributed by atoms with Gasteiger partial charge in [-0.15, -0.1) is 0 Å². The lowest BCUT2D eigenvalue weighted by atomic mass is 9.85. The van der Waals surface area contributed by atoms with Gasteiger partial charge in [0.05, 0.1) is 11.5 Å². The van der Waals surface area contributed by atoms with E-state index < -0.39 is 15.7 Å². The van der Waals surface area contributed by atoms with Crippen LogP contribution in [0.4, 0.5) is 4.39 Å². The van der Waals surface area contributed by atoms with E-state index in [2.05, 4.69) is 10.2 Å². The van der Waals surface area contributed by atoms with Crippen LogP contribution < -0.4 is 10.1 Å². The third kappa shape index (κ3) is 4.92. The Bertz CT molecular complexity index is 682. The van der Waals surface area contributed by atoms with Crippen LogP contribution in [-0.4, -0.2) is 58.4 Å². The number of piperazine rings is 1. The van der Waals surface area contributed by atoms with Crippen LogP contribution in [0, 0.1) is 11.7 Å². The molecule has 0 amide bonds. The van der Waals surface area contributed by atoms with Crippen LogP contribution in [0.3, 0.4) is 0 Å². The van der Waals surface area contributed by atoms with Gasteiger partial charge in [-0.2, -0.15) is 0 Å². The molecule has 1 heterocycles. The van der Waals surface area contributed by atoms with E-state index in [9.17, 15) is 12.8 Å². The Morgan fingerprint density at radius 3 is 2.48 bits per heavy atom. The summed E-state index contributed by atoms with van der Waals surface area (Å²) in [5, 5.41) is 3.38. The predicted octanol–water partition coefficient (Wildman–Crippen LogP) is 2.07. The van der Waals surface area contributed by atoms with Crippen molar-refractivity contribution >= 4 is 9.84 Å². The number of ether oxygens (including phenoxy) is 1. The Kier molecular flexibility index (Phi) is 5.96. The fourth-order valence-corrected chi connectivity index (χ4v) is 4.39. The second-order valence-corrected chi connectivity index (χ2v) is 9.15. The summed E-state index contributed by atoms with van der Waals surface area (Å²) in [5.74, 6) is -0.0396. The monoisotopic (exact) mass is 370 g/mol. The zero-order chi connectivity index (χ0) is 17.9. The largest absolute Gasteiger partial charge is 0.490 e. The first-order chi connectivity index (χ1) is 11.9. The standard InChI is InChI=1S/C18H27FN2O3S/c1-25(22,23)16-6-7-18(17(19)12-16)24-13-14-2-4-15(5-3-14)21-10-8-20-9-11-21/h6-7,12,14-15,20H,2-5,8-11,13H2,1H3. The highest BCUT2D eigenvalue weighted by molar-refractivity contribution is 7.90. The minimum Gasteiger partial charge on any atom is -0.490 e. The maximum Gasteiger partial charge on any atom is 0.175 e. The van der Waals surface area contributed by atoms with Crippen LogP contribution in [0.25, 0.3) is 0 Å². The van der Waals surface area contributed by atoms with Crippen molar-refractivity contribution in [3.8, 4) is 5.75 Å². The highest BCUT2D eigenvalue weighted by Crippen LogP contribution is 2.29. The SMILES string of the molecule is CS(=O)(=O)c1ccc(OCC2CCC(N3CCNCC3)CC2)c(F)c1. The molecule has 0 aromatic heterocycles. The van der Waals surface area contributed by atoms with Crippen molar-refractivity contribution in [3.63, 3.8) is 0 Å². The van der Waals surface area contributed by atoms with E-state index in [1.807, 2.05) is 0 Å². The summed E-state index contributed by atoms with van der Waals surface area (Å²) in [5.41, 5.74) is 0. The highest BCUT2D eigenvalue weighted by Gasteiger charge is 2.27. The van der Waals surface area contributed by atoms with E-state index >= 15 is 0 Å². The summed E-state index contributed by atoms with van der Waals surface area (Å²) in [4.78, 5) is 2.56. The minimum atomic E-state index is -3.40. The molecule has 2 aliphatic rings. The first-order valence-electron chi connectivity index (χ1n) is 9.00. The van der Waals surface area contributed by atoms with Crippen molar-refractivity contribution in [2.24, 2.45) is 5.92 Å². The molecule has 0 unspecified atom stereocenters. The lowest BCUT2D eigenvalue weighted by Gasteiger charge is -2.39. The predicted molar refractivity (Wildman–Crippen MR) is 95.2 cm³/mol. The average Bonchev–Trinajstić information content (AvgIpc) is 2.61. The zero-order valence-corrected chi connectivity index (χ0v) is 15.5. The number of hydrogen-bond donors (Lipinski definition) is 1. The highest BCUT2D eigenvalue weighted by atomic mass is 32.2. The number of benzene rings is 1. The van der Waals surface area contributed by atoms with Gasteiger partial charge in [-0.05, 0) is 49.8 Å². The summed E-state index contributed by atoms with van der Waals surface area (Å²) < 4.78 is 42.6. The van der Waals surface area contributed by atoms with E-state index in [0.29, 0.717) is 18.6 Å². The van der Waals surface area contributed by atoms with E-state index in [1.54, 1.807) is 0 Å². The molecule has 0 spiro atoms. The fourth-order valence-electron chi connectivity index (χ4n) is 3.76. The van der Waals surface area contributed by atoms with Gasteiger partial charge >= 0.3 is 0 Å².